The number of rotatable bonds is 6. The molecule has 3 aliphatic heterocycles. The highest BCUT2D eigenvalue weighted by Crippen LogP contribution is 2.48. The van der Waals surface area contributed by atoms with Crippen molar-refractivity contribution in [1.29, 1.82) is 0 Å². The number of carbonyl (C=O) groups is 1. The van der Waals surface area contributed by atoms with Gasteiger partial charge in [0.25, 0.3) is 5.91 Å². The SMILES string of the molecule is O=C(NCCCN1CCOCC1)c1cn2c3c(c(N4CCCC4)c(F)cc3c1=O)Oc1cc3ccccc3cc1-2. The molecule has 1 amide bonds. The van der Waals surface area contributed by atoms with Crippen molar-refractivity contribution in [2.24, 2.45) is 0 Å². The Balaban J connectivity index is 1.31. The third kappa shape index (κ3) is 4.30. The van der Waals surface area contributed by atoms with E-state index >= 15 is 4.39 Å². The fraction of sp³-hybridized carbons (Fsp3) is 0.355. The van der Waals surface area contributed by atoms with Gasteiger partial charge in [0.2, 0.25) is 5.43 Å². The molecule has 0 unspecified atom stereocenters. The minimum absolute atomic E-state index is 0.0147. The fourth-order valence-corrected chi connectivity index (χ4v) is 6.11. The van der Waals surface area contributed by atoms with Crippen molar-refractivity contribution in [3.8, 4) is 17.2 Å². The van der Waals surface area contributed by atoms with E-state index in [2.05, 4.69) is 10.2 Å². The van der Waals surface area contributed by atoms with E-state index in [4.69, 9.17) is 9.47 Å². The predicted octanol–water partition coefficient (Wildman–Crippen LogP) is 4.44. The first kappa shape index (κ1) is 25.0. The normalized spacial score (nSPS) is 16.8. The van der Waals surface area contributed by atoms with Crippen molar-refractivity contribution in [2.45, 2.75) is 19.3 Å². The number of hydrogen-bond acceptors (Lipinski definition) is 6. The molecule has 4 heterocycles. The lowest BCUT2D eigenvalue weighted by molar-refractivity contribution is 0.0374. The number of nitrogens with zero attached hydrogens (tertiary/aromatic N) is 3. The maximum atomic E-state index is 15.8. The zero-order chi connectivity index (χ0) is 27.2. The molecule has 9 heteroatoms. The molecular formula is C31H31FN4O4. The van der Waals surface area contributed by atoms with Crippen LogP contribution in [0, 0.1) is 5.82 Å². The zero-order valence-electron chi connectivity index (χ0n) is 22.2. The van der Waals surface area contributed by atoms with Crippen molar-refractivity contribution in [2.75, 3.05) is 57.4 Å². The van der Waals surface area contributed by atoms with Crippen LogP contribution in [0.15, 0.2) is 53.5 Å². The number of halogens is 1. The third-order valence-corrected chi connectivity index (χ3v) is 8.18. The maximum Gasteiger partial charge on any atom is 0.256 e. The van der Waals surface area contributed by atoms with Crippen LogP contribution in [0.1, 0.15) is 29.6 Å². The van der Waals surface area contributed by atoms with Gasteiger partial charge < -0.3 is 24.3 Å². The average molecular weight is 543 g/mol. The minimum atomic E-state index is -0.514. The molecular weight excluding hydrogens is 511 g/mol. The summed E-state index contributed by atoms with van der Waals surface area (Å²) in [5, 5.41) is 5.03. The molecule has 1 aromatic heterocycles. The van der Waals surface area contributed by atoms with E-state index in [0.29, 0.717) is 34.9 Å². The Morgan fingerprint density at radius 2 is 1.75 bits per heavy atom. The van der Waals surface area contributed by atoms with Crippen molar-refractivity contribution in [3.05, 3.63) is 70.3 Å². The van der Waals surface area contributed by atoms with E-state index in [0.717, 1.165) is 76.0 Å². The lowest BCUT2D eigenvalue weighted by Gasteiger charge is -2.29. The number of pyridine rings is 1. The summed E-state index contributed by atoms with van der Waals surface area (Å²) in [5.41, 5.74) is 1.05. The number of hydrogen-bond donors (Lipinski definition) is 1. The van der Waals surface area contributed by atoms with Gasteiger partial charge in [-0.2, -0.15) is 0 Å². The second-order valence-electron chi connectivity index (χ2n) is 10.7. The summed E-state index contributed by atoms with van der Waals surface area (Å²) < 4.78 is 29.4. The zero-order valence-corrected chi connectivity index (χ0v) is 22.2. The topological polar surface area (TPSA) is 76.0 Å². The number of morpholine rings is 1. The Bertz CT molecular complexity index is 1690. The summed E-state index contributed by atoms with van der Waals surface area (Å²) in [6.07, 6.45) is 4.28. The Kier molecular flexibility index (Phi) is 6.40. The molecule has 8 nitrogen and oxygen atoms in total. The largest absolute Gasteiger partial charge is 0.451 e. The lowest BCUT2D eigenvalue weighted by atomic mass is 10.0. The van der Waals surface area contributed by atoms with E-state index in [9.17, 15) is 9.59 Å². The Morgan fingerprint density at radius 3 is 2.52 bits per heavy atom. The second kappa shape index (κ2) is 10.2. The molecule has 0 saturated carbocycles. The van der Waals surface area contributed by atoms with E-state index in [1.807, 2.05) is 45.9 Å². The highest BCUT2D eigenvalue weighted by atomic mass is 19.1. The summed E-state index contributed by atoms with van der Waals surface area (Å²) in [7, 11) is 0. The van der Waals surface area contributed by atoms with E-state index in [1.165, 1.54) is 6.07 Å². The number of amides is 1. The smallest absolute Gasteiger partial charge is 0.256 e. The van der Waals surface area contributed by atoms with Gasteiger partial charge in [-0.25, -0.2) is 4.39 Å². The van der Waals surface area contributed by atoms with Crippen molar-refractivity contribution in [1.82, 2.24) is 14.8 Å². The summed E-state index contributed by atoms with van der Waals surface area (Å²) in [6, 6.07) is 13.1. The van der Waals surface area contributed by atoms with Gasteiger partial charge in [0, 0.05) is 38.9 Å². The van der Waals surface area contributed by atoms with Gasteiger partial charge in [-0.3, -0.25) is 14.5 Å². The van der Waals surface area contributed by atoms with Gasteiger partial charge >= 0.3 is 0 Å². The molecule has 2 fully saturated rings. The predicted molar refractivity (Wildman–Crippen MR) is 153 cm³/mol. The summed E-state index contributed by atoms with van der Waals surface area (Å²) in [5.74, 6) is -0.0919. The molecule has 0 radical (unpaired) electrons. The number of benzene rings is 3. The van der Waals surface area contributed by atoms with Crippen LogP contribution in [0.2, 0.25) is 0 Å². The van der Waals surface area contributed by atoms with Crippen molar-refractivity contribution < 1.29 is 18.7 Å². The molecule has 4 aromatic rings. The van der Waals surface area contributed by atoms with Crippen LogP contribution in [0.25, 0.3) is 27.4 Å². The van der Waals surface area contributed by atoms with Crippen LogP contribution >= 0.6 is 0 Å². The van der Waals surface area contributed by atoms with Crippen LogP contribution in [0.3, 0.4) is 0 Å². The molecule has 0 aliphatic carbocycles. The molecule has 0 atom stereocenters. The molecule has 3 aromatic carbocycles. The number of aromatic nitrogens is 1. The molecule has 0 spiro atoms. The number of carbonyl (C=O) groups excluding carboxylic acids is 1. The number of ether oxygens (including phenoxy) is 2. The first-order valence-electron chi connectivity index (χ1n) is 14.0. The first-order valence-corrected chi connectivity index (χ1v) is 14.0. The first-order chi connectivity index (χ1) is 19.6. The van der Waals surface area contributed by atoms with E-state index in [-0.39, 0.29) is 10.9 Å². The highest BCUT2D eigenvalue weighted by molar-refractivity contribution is 6.02. The van der Waals surface area contributed by atoms with Gasteiger partial charge in [-0.15, -0.1) is 0 Å². The molecule has 206 valence electrons. The highest BCUT2D eigenvalue weighted by Gasteiger charge is 2.31. The number of fused-ring (bicyclic) bond motifs is 3. The molecule has 0 bridgehead atoms. The van der Waals surface area contributed by atoms with Crippen molar-refractivity contribution in [3.63, 3.8) is 0 Å². The summed E-state index contributed by atoms with van der Waals surface area (Å²) in [6.45, 7) is 5.93. The molecule has 40 heavy (non-hydrogen) atoms. The summed E-state index contributed by atoms with van der Waals surface area (Å²) in [4.78, 5) is 31.3. The van der Waals surface area contributed by atoms with Gasteiger partial charge in [0.05, 0.1) is 24.3 Å². The van der Waals surface area contributed by atoms with Gasteiger partial charge in [0.1, 0.15) is 16.8 Å². The molecule has 7 rings (SSSR count). The second-order valence-corrected chi connectivity index (χ2v) is 10.7. The van der Waals surface area contributed by atoms with E-state index in [1.54, 1.807) is 6.20 Å². The van der Waals surface area contributed by atoms with Crippen LogP contribution < -0.4 is 20.4 Å². The number of nitrogens with one attached hydrogen (secondary N) is 1. The van der Waals surface area contributed by atoms with Crippen molar-refractivity contribution >= 4 is 33.3 Å². The quantitative estimate of drug-likeness (QED) is 0.320. The van der Waals surface area contributed by atoms with Gasteiger partial charge in [-0.1, -0.05) is 24.3 Å². The molecule has 2 saturated heterocycles. The number of anilines is 1. The summed E-state index contributed by atoms with van der Waals surface area (Å²) >= 11 is 0. The molecule has 3 aliphatic rings. The van der Waals surface area contributed by atoms with Gasteiger partial charge in [0.15, 0.2) is 17.3 Å². The third-order valence-electron chi connectivity index (χ3n) is 8.18. The van der Waals surface area contributed by atoms with E-state index < -0.39 is 17.2 Å². The Labute approximate surface area is 230 Å². The Morgan fingerprint density at radius 1 is 1.00 bits per heavy atom. The minimum Gasteiger partial charge on any atom is -0.451 e. The fourth-order valence-electron chi connectivity index (χ4n) is 6.11. The molecule has 1 N–H and O–H groups in total. The maximum absolute atomic E-state index is 15.8. The van der Waals surface area contributed by atoms with Crippen LogP contribution in [-0.2, 0) is 4.74 Å². The monoisotopic (exact) mass is 542 g/mol. The van der Waals surface area contributed by atoms with Crippen LogP contribution in [-0.4, -0.2) is 67.9 Å². The van der Waals surface area contributed by atoms with Crippen LogP contribution in [0.5, 0.6) is 11.5 Å². The lowest BCUT2D eigenvalue weighted by Crippen LogP contribution is -2.38. The Hall–Kier alpha value is -3.95. The standard InChI is InChI=1S/C31H31FN4O4/c32-24-18-22-27-30(28(24)35-10-3-4-11-35)40-26-17-21-7-2-1-6-20(21)16-25(26)36(27)19-23(29(22)37)31(38)33-8-5-9-34-12-14-39-15-13-34/h1-2,6-7,16-19H,3-5,8-15H2,(H,33,38). The van der Waals surface area contributed by atoms with Crippen LogP contribution in [0.4, 0.5) is 10.1 Å². The van der Waals surface area contributed by atoms with Gasteiger partial charge in [-0.05, 0) is 54.8 Å². The average Bonchev–Trinajstić information content (AvgIpc) is 3.50.